The van der Waals surface area contributed by atoms with Crippen molar-refractivity contribution in [3.63, 3.8) is 0 Å². The molecule has 9 heteroatoms. The minimum atomic E-state index is 0.0430. The maximum absolute atomic E-state index is 6.23. The number of unbranched alkanes of at least 4 members (excludes halogenated alkanes) is 4. The average molecular weight is 471 g/mol. The van der Waals surface area contributed by atoms with Crippen molar-refractivity contribution in [2.24, 2.45) is 0 Å². The molecule has 1 aromatic heterocycles. The molecule has 0 aliphatic rings. The molecule has 1 rings (SSSR count). The normalized spacial score (nSPS) is 13.3. The standard InChI is InChI=1S/C24H48N5O4/c1-7-11-15-30-19-28(20-31-16-12-8-2)23-25-22(5)26-24(27-23)29(6,33-18-14-10-4)21-32-17-13-9-3/h7-21H2,1-6H3/q+1. The van der Waals surface area contributed by atoms with Crippen molar-refractivity contribution in [2.75, 3.05) is 58.6 Å². The maximum atomic E-state index is 6.23. The first-order valence-electron chi connectivity index (χ1n) is 12.7. The third kappa shape index (κ3) is 12.0. The molecule has 0 saturated carbocycles. The van der Waals surface area contributed by atoms with Crippen LogP contribution in [-0.2, 0) is 19.0 Å². The van der Waals surface area contributed by atoms with Gasteiger partial charge in [-0.2, -0.15) is 14.8 Å². The highest BCUT2D eigenvalue weighted by atomic mass is 16.7. The zero-order valence-corrected chi connectivity index (χ0v) is 22.0. The number of hydrogen-bond acceptors (Lipinski definition) is 8. The molecule has 1 heterocycles. The van der Waals surface area contributed by atoms with E-state index < -0.39 is 0 Å². The number of aryl methyl sites for hydroxylation is 1. The summed E-state index contributed by atoms with van der Waals surface area (Å²) in [6, 6.07) is 0. The highest BCUT2D eigenvalue weighted by Crippen LogP contribution is 2.21. The molecule has 33 heavy (non-hydrogen) atoms. The molecule has 1 aromatic rings. The summed E-state index contributed by atoms with van der Waals surface area (Å²) in [5, 5.41) is 0. The predicted octanol–water partition coefficient (Wildman–Crippen LogP) is 4.98. The van der Waals surface area contributed by atoms with E-state index in [4.69, 9.17) is 24.0 Å². The van der Waals surface area contributed by atoms with E-state index in [1.165, 1.54) is 0 Å². The van der Waals surface area contributed by atoms with Gasteiger partial charge in [-0.05, 0) is 32.6 Å². The minimum Gasteiger partial charge on any atom is -0.361 e. The molecule has 0 aliphatic carbocycles. The van der Waals surface area contributed by atoms with Gasteiger partial charge in [0.05, 0.1) is 6.61 Å². The van der Waals surface area contributed by atoms with E-state index >= 15 is 0 Å². The second-order valence-electron chi connectivity index (χ2n) is 8.48. The van der Waals surface area contributed by atoms with Crippen LogP contribution in [0.3, 0.4) is 0 Å². The largest absolute Gasteiger partial charge is 0.369 e. The van der Waals surface area contributed by atoms with Gasteiger partial charge in [0.15, 0.2) is 0 Å². The smallest absolute Gasteiger partial charge is 0.361 e. The summed E-state index contributed by atoms with van der Waals surface area (Å²) in [5.41, 5.74) is 0. The van der Waals surface area contributed by atoms with Crippen molar-refractivity contribution >= 4 is 11.9 Å². The van der Waals surface area contributed by atoms with Gasteiger partial charge in [0, 0.05) is 13.2 Å². The topological polar surface area (TPSA) is 78.8 Å². The summed E-state index contributed by atoms with van der Waals surface area (Å²) in [6.45, 7) is 14.2. The molecule has 0 spiro atoms. The molecular formula is C24H48N5O4+. The number of nitrogens with zero attached hydrogens (tertiary/aromatic N) is 5. The van der Waals surface area contributed by atoms with Crippen molar-refractivity contribution in [2.45, 2.75) is 86.0 Å². The molecular weight excluding hydrogens is 422 g/mol. The Balaban J connectivity index is 3.08. The van der Waals surface area contributed by atoms with Crippen molar-refractivity contribution in [3.05, 3.63) is 5.82 Å². The zero-order chi connectivity index (χ0) is 24.4. The lowest BCUT2D eigenvalue weighted by molar-refractivity contribution is -0.186. The Morgan fingerprint density at radius 1 is 0.697 bits per heavy atom. The predicted molar refractivity (Wildman–Crippen MR) is 133 cm³/mol. The van der Waals surface area contributed by atoms with Gasteiger partial charge in [0.2, 0.25) is 12.7 Å². The second-order valence-corrected chi connectivity index (χ2v) is 8.48. The van der Waals surface area contributed by atoms with Crippen molar-refractivity contribution < 1.29 is 19.0 Å². The van der Waals surface area contributed by atoms with E-state index in [0.717, 1.165) is 51.4 Å². The van der Waals surface area contributed by atoms with Gasteiger partial charge in [-0.3, -0.25) is 4.90 Å². The minimum absolute atomic E-state index is 0.0430. The number of aromatic nitrogens is 3. The van der Waals surface area contributed by atoms with Crippen molar-refractivity contribution in [1.29, 1.82) is 0 Å². The fraction of sp³-hybridized carbons (Fsp3) is 0.875. The SMILES string of the molecule is CCCCOCN(COCCCC)c1nc(C)nc([N+](C)(COCCCC)OCCCC)n1. The third-order valence-electron chi connectivity index (χ3n) is 5.06. The Labute approximate surface area is 201 Å². The van der Waals surface area contributed by atoms with Crippen LogP contribution in [0.25, 0.3) is 0 Å². The van der Waals surface area contributed by atoms with E-state index in [1.54, 1.807) is 0 Å². The molecule has 0 bridgehead atoms. The van der Waals surface area contributed by atoms with Gasteiger partial charge >= 0.3 is 5.95 Å². The summed E-state index contributed by atoms with van der Waals surface area (Å²) < 4.78 is 17.7. The van der Waals surface area contributed by atoms with Crippen LogP contribution in [-0.4, -0.2) is 68.6 Å². The highest BCUT2D eigenvalue weighted by molar-refractivity contribution is 5.35. The molecule has 1 atom stereocenters. The summed E-state index contributed by atoms with van der Waals surface area (Å²) in [6.07, 6.45) is 8.31. The Kier molecular flexibility index (Phi) is 16.2. The average Bonchev–Trinajstić information content (AvgIpc) is 2.80. The molecule has 9 nitrogen and oxygen atoms in total. The van der Waals surface area contributed by atoms with E-state index in [-0.39, 0.29) is 4.65 Å². The van der Waals surface area contributed by atoms with Gasteiger partial charge in [-0.25, -0.2) is 0 Å². The summed E-state index contributed by atoms with van der Waals surface area (Å²) in [4.78, 5) is 22.1. The molecule has 192 valence electrons. The van der Waals surface area contributed by atoms with Crippen LogP contribution in [0.15, 0.2) is 0 Å². The Bertz CT molecular complexity index is 611. The molecule has 1 unspecified atom stereocenters. The maximum Gasteiger partial charge on any atom is 0.369 e. The van der Waals surface area contributed by atoms with Crippen LogP contribution in [0.4, 0.5) is 11.9 Å². The summed E-state index contributed by atoms with van der Waals surface area (Å²) in [7, 11) is 1.94. The molecule has 0 fully saturated rings. The molecule has 0 saturated heterocycles. The number of rotatable bonds is 21. The fourth-order valence-corrected chi connectivity index (χ4v) is 2.85. The van der Waals surface area contributed by atoms with E-state index in [1.807, 2.05) is 18.9 Å². The first-order valence-corrected chi connectivity index (χ1v) is 12.7. The number of hydroxylamine groups is 2. The first-order chi connectivity index (χ1) is 16.0. The third-order valence-corrected chi connectivity index (χ3v) is 5.06. The molecule has 0 radical (unpaired) electrons. The van der Waals surface area contributed by atoms with Gasteiger partial charge in [-0.15, -0.1) is 4.98 Å². The summed E-state index contributed by atoms with van der Waals surface area (Å²) in [5.74, 6) is 1.68. The molecule has 0 aromatic carbocycles. The van der Waals surface area contributed by atoms with E-state index in [0.29, 0.717) is 64.3 Å². The van der Waals surface area contributed by atoms with Crippen LogP contribution < -0.4 is 9.55 Å². The van der Waals surface area contributed by atoms with Gasteiger partial charge in [0.1, 0.15) is 32.9 Å². The Hall–Kier alpha value is -1.39. The van der Waals surface area contributed by atoms with Gasteiger partial charge in [-0.1, -0.05) is 58.0 Å². The number of anilines is 1. The van der Waals surface area contributed by atoms with Crippen LogP contribution >= 0.6 is 0 Å². The van der Waals surface area contributed by atoms with Crippen molar-refractivity contribution in [1.82, 2.24) is 19.6 Å². The lowest BCUT2D eigenvalue weighted by Gasteiger charge is -2.29. The van der Waals surface area contributed by atoms with Crippen LogP contribution in [0.2, 0.25) is 0 Å². The fourth-order valence-electron chi connectivity index (χ4n) is 2.85. The first kappa shape index (κ1) is 29.6. The van der Waals surface area contributed by atoms with Crippen LogP contribution in [0.1, 0.15) is 84.9 Å². The number of quaternary nitrogens is 1. The van der Waals surface area contributed by atoms with Crippen LogP contribution in [0.5, 0.6) is 0 Å². The van der Waals surface area contributed by atoms with Gasteiger partial charge < -0.3 is 14.2 Å². The lowest BCUT2D eigenvalue weighted by atomic mass is 10.4. The van der Waals surface area contributed by atoms with Gasteiger partial charge in [0.25, 0.3) is 0 Å². The molecule has 0 amide bonds. The molecule has 0 N–H and O–H groups in total. The monoisotopic (exact) mass is 470 g/mol. The van der Waals surface area contributed by atoms with E-state index in [2.05, 4.69) is 37.7 Å². The van der Waals surface area contributed by atoms with Crippen LogP contribution in [0, 0.1) is 6.92 Å². The number of hydrogen-bond donors (Lipinski definition) is 0. The lowest BCUT2D eigenvalue weighted by Crippen LogP contribution is -2.49. The van der Waals surface area contributed by atoms with E-state index in [9.17, 15) is 0 Å². The Morgan fingerprint density at radius 3 is 1.76 bits per heavy atom. The zero-order valence-electron chi connectivity index (χ0n) is 22.0. The summed E-state index contributed by atoms with van der Waals surface area (Å²) >= 11 is 0. The quantitative estimate of drug-likeness (QED) is 0.108. The highest BCUT2D eigenvalue weighted by Gasteiger charge is 2.33. The second kappa shape index (κ2) is 18.0. The van der Waals surface area contributed by atoms with Crippen molar-refractivity contribution in [3.8, 4) is 0 Å². The Morgan fingerprint density at radius 2 is 1.21 bits per heavy atom. The molecule has 0 aliphatic heterocycles. The number of ether oxygens (including phenoxy) is 3.